The Morgan fingerprint density at radius 2 is 2.12 bits per heavy atom. The van der Waals surface area contributed by atoms with Crippen molar-refractivity contribution < 1.29 is 13.6 Å². The minimum atomic E-state index is -1.49. The van der Waals surface area contributed by atoms with Crippen molar-refractivity contribution in [1.82, 2.24) is 5.32 Å². The first kappa shape index (κ1) is 12.0. The van der Waals surface area contributed by atoms with Gasteiger partial charge in [-0.15, -0.1) is 0 Å². The molecular weight excluding hydrogens is 226 g/mol. The van der Waals surface area contributed by atoms with E-state index in [-0.39, 0.29) is 25.2 Å². The molecular formula is C12H14F2N2O. The van der Waals surface area contributed by atoms with E-state index < -0.39 is 17.6 Å². The molecule has 3 nitrogen and oxygen atoms in total. The number of halogens is 2. The third kappa shape index (κ3) is 2.79. The molecule has 0 aliphatic carbocycles. The maximum atomic E-state index is 14.3. The minimum Gasteiger partial charge on any atom is -0.368 e. The highest BCUT2D eigenvalue weighted by Crippen LogP contribution is 2.28. The van der Waals surface area contributed by atoms with E-state index in [4.69, 9.17) is 5.73 Å². The fourth-order valence-corrected chi connectivity index (χ4v) is 2.12. The number of primary amides is 1. The van der Waals surface area contributed by atoms with Crippen LogP contribution in [0.3, 0.4) is 0 Å². The minimum absolute atomic E-state index is 0.0692. The SMILES string of the molecule is NC(=O)C1CC(F)(Cc2ccc(F)cc2)CN1. The first-order valence-electron chi connectivity index (χ1n) is 5.45. The van der Waals surface area contributed by atoms with Crippen LogP contribution >= 0.6 is 0 Å². The molecule has 1 aromatic carbocycles. The molecule has 2 unspecified atom stereocenters. The lowest BCUT2D eigenvalue weighted by Crippen LogP contribution is -2.36. The summed E-state index contributed by atoms with van der Waals surface area (Å²) >= 11 is 0. The number of carbonyl (C=O) groups excluding carboxylic acids is 1. The van der Waals surface area contributed by atoms with Crippen molar-refractivity contribution in [2.75, 3.05) is 6.54 Å². The Morgan fingerprint density at radius 3 is 2.65 bits per heavy atom. The molecule has 1 heterocycles. The summed E-state index contributed by atoms with van der Waals surface area (Å²) in [5.41, 5.74) is 4.33. The second-order valence-electron chi connectivity index (χ2n) is 4.49. The standard InChI is InChI=1S/C12H14F2N2O/c13-9-3-1-8(2-4-9)5-12(14)6-10(11(15)17)16-7-12/h1-4,10,16H,5-7H2,(H2,15,17). The second-order valence-corrected chi connectivity index (χ2v) is 4.49. The van der Waals surface area contributed by atoms with E-state index in [0.29, 0.717) is 5.56 Å². The zero-order chi connectivity index (χ0) is 12.5. The Kier molecular flexibility index (Phi) is 3.11. The molecule has 0 saturated carbocycles. The number of alkyl halides is 1. The van der Waals surface area contributed by atoms with Crippen LogP contribution in [0, 0.1) is 5.82 Å². The van der Waals surface area contributed by atoms with E-state index >= 15 is 0 Å². The van der Waals surface area contributed by atoms with Gasteiger partial charge in [0.2, 0.25) is 5.91 Å². The van der Waals surface area contributed by atoms with Crippen LogP contribution in [0.5, 0.6) is 0 Å². The van der Waals surface area contributed by atoms with Gasteiger partial charge in [-0.25, -0.2) is 8.78 Å². The molecule has 1 saturated heterocycles. The fraction of sp³-hybridized carbons (Fsp3) is 0.417. The summed E-state index contributed by atoms with van der Waals surface area (Å²) < 4.78 is 27.0. The number of benzene rings is 1. The Bertz CT molecular complexity index is 421. The largest absolute Gasteiger partial charge is 0.368 e. The Balaban J connectivity index is 2.04. The first-order chi connectivity index (χ1) is 7.98. The average Bonchev–Trinajstić information content (AvgIpc) is 2.65. The molecule has 0 spiro atoms. The van der Waals surface area contributed by atoms with Crippen LogP contribution in [-0.4, -0.2) is 24.2 Å². The lowest BCUT2D eigenvalue weighted by Gasteiger charge is -2.18. The summed E-state index contributed by atoms with van der Waals surface area (Å²) in [6, 6.07) is 5.09. The van der Waals surface area contributed by atoms with Gasteiger partial charge in [-0.05, 0) is 17.7 Å². The monoisotopic (exact) mass is 240 g/mol. The molecule has 0 radical (unpaired) electrons. The van der Waals surface area contributed by atoms with Crippen LogP contribution in [0.2, 0.25) is 0 Å². The van der Waals surface area contributed by atoms with Crippen LogP contribution in [0.15, 0.2) is 24.3 Å². The molecule has 2 rings (SSSR count). The number of hydrogen-bond donors (Lipinski definition) is 2. The summed E-state index contributed by atoms with van der Waals surface area (Å²) in [6.07, 6.45) is 0.226. The molecule has 5 heteroatoms. The number of rotatable bonds is 3. The van der Waals surface area contributed by atoms with Crippen molar-refractivity contribution in [2.24, 2.45) is 5.73 Å². The number of nitrogens with two attached hydrogens (primary N) is 1. The topological polar surface area (TPSA) is 55.1 Å². The third-order valence-electron chi connectivity index (χ3n) is 3.01. The Hall–Kier alpha value is -1.49. The highest BCUT2D eigenvalue weighted by atomic mass is 19.1. The predicted molar refractivity (Wildman–Crippen MR) is 59.5 cm³/mol. The molecule has 1 aromatic rings. The number of carbonyl (C=O) groups is 1. The van der Waals surface area contributed by atoms with Crippen molar-refractivity contribution in [3.05, 3.63) is 35.6 Å². The lowest BCUT2D eigenvalue weighted by molar-refractivity contribution is -0.119. The Morgan fingerprint density at radius 1 is 1.47 bits per heavy atom. The molecule has 1 aliphatic rings. The zero-order valence-electron chi connectivity index (χ0n) is 9.25. The van der Waals surface area contributed by atoms with Crippen LogP contribution in [-0.2, 0) is 11.2 Å². The van der Waals surface area contributed by atoms with Crippen LogP contribution in [0.4, 0.5) is 8.78 Å². The molecule has 17 heavy (non-hydrogen) atoms. The molecule has 0 aromatic heterocycles. The summed E-state index contributed by atoms with van der Waals surface area (Å²) in [5.74, 6) is -0.884. The van der Waals surface area contributed by atoms with Crippen LogP contribution in [0.1, 0.15) is 12.0 Å². The van der Waals surface area contributed by atoms with Gasteiger partial charge in [-0.1, -0.05) is 12.1 Å². The smallest absolute Gasteiger partial charge is 0.234 e. The first-order valence-corrected chi connectivity index (χ1v) is 5.45. The van der Waals surface area contributed by atoms with Crippen LogP contribution < -0.4 is 11.1 Å². The molecule has 1 fully saturated rings. The summed E-state index contributed by atoms with van der Waals surface area (Å²) in [4.78, 5) is 10.9. The fourth-order valence-electron chi connectivity index (χ4n) is 2.12. The van der Waals surface area contributed by atoms with Crippen molar-refractivity contribution in [1.29, 1.82) is 0 Å². The number of hydrogen-bond acceptors (Lipinski definition) is 2. The molecule has 2 atom stereocenters. The molecule has 1 aliphatic heterocycles. The number of amides is 1. The molecule has 0 bridgehead atoms. The van der Waals surface area contributed by atoms with Crippen molar-refractivity contribution in [2.45, 2.75) is 24.6 Å². The van der Waals surface area contributed by atoms with E-state index in [9.17, 15) is 13.6 Å². The molecule has 1 amide bonds. The van der Waals surface area contributed by atoms with Gasteiger partial charge in [0, 0.05) is 19.4 Å². The van der Waals surface area contributed by atoms with Gasteiger partial charge in [-0.2, -0.15) is 0 Å². The highest BCUT2D eigenvalue weighted by Gasteiger charge is 2.41. The molecule has 92 valence electrons. The van der Waals surface area contributed by atoms with Gasteiger partial charge in [0.1, 0.15) is 11.5 Å². The lowest BCUT2D eigenvalue weighted by atomic mass is 9.93. The maximum Gasteiger partial charge on any atom is 0.234 e. The van der Waals surface area contributed by atoms with Crippen molar-refractivity contribution >= 4 is 5.91 Å². The van der Waals surface area contributed by atoms with Gasteiger partial charge in [0.05, 0.1) is 6.04 Å². The van der Waals surface area contributed by atoms with Gasteiger partial charge in [-0.3, -0.25) is 4.79 Å². The molecule has 3 N–H and O–H groups in total. The van der Waals surface area contributed by atoms with Crippen molar-refractivity contribution in [3.8, 4) is 0 Å². The zero-order valence-corrected chi connectivity index (χ0v) is 9.25. The highest BCUT2D eigenvalue weighted by molar-refractivity contribution is 5.80. The van der Waals surface area contributed by atoms with E-state index in [2.05, 4.69) is 5.32 Å². The summed E-state index contributed by atoms with van der Waals surface area (Å²) in [5, 5.41) is 2.75. The van der Waals surface area contributed by atoms with Gasteiger partial charge in [0.25, 0.3) is 0 Å². The maximum absolute atomic E-state index is 14.3. The average molecular weight is 240 g/mol. The summed E-state index contributed by atoms with van der Waals surface area (Å²) in [6.45, 7) is 0.0952. The Labute approximate surface area is 98.0 Å². The van der Waals surface area contributed by atoms with Crippen molar-refractivity contribution in [3.63, 3.8) is 0 Å². The predicted octanol–water partition coefficient (Wildman–Crippen LogP) is 0.924. The van der Waals surface area contributed by atoms with Gasteiger partial charge in [0.15, 0.2) is 0 Å². The van der Waals surface area contributed by atoms with Gasteiger partial charge >= 0.3 is 0 Å². The third-order valence-corrected chi connectivity index (χ3v) is 3.01. The van der Waals surface area contributed by atoms with E-state index in [1.165, 1.54) is 12.1 Å². The second kappa shape index (κ2) is 4.41. The quantitative estimate of drug-likeness (QED) is 0.825. The van der Waals surface area contributed by atoms with Gasteiger partial charge < -0.3 is 11.1 Å². The van der Waals surface area contributed by atoms with E-state index in [0.717, 1.165) is 0 Å². The summed E-state index contributed by atoms with van der Waals surface area (Å²) in [7, 11) is 0. The van der Waals surface area contributed by atoms with Crippen LogP contribution in [0.25, 0.3) is 0 Å². The van der Waals surface area contributed by atoms with E-state index in [1.54, 1.807) is 12.1 Å². The van der Waals surface area contributed by atoms with E-state index in [1.807, 2.05) is 0 Å². The normalized spacial score (nSPS) is 28.2. The number of nitrogens with one attached hydrogen (secondary N) is 1.